The zero-order valence-electron chi connectivity index (χ0n) is 10.8. The molecule has 1 N–H and O–H groups in total. The van der Waals surface area contributed by atoms with Gasteiger partial charge in [0.1, 0.15) is 0 Å². The first kappa shape index (κ1) is 14.2. The molecule has 0 fully saturated rings. The minimum Gasteiger partial charge on any atom is -0.382 e. The van der Waals surface area contributed by atoms with Gasteiger partial charge in [-0.2, -0.15) is 0 Å². The molecule has 0 aliphatic rings. The van der Waals surface area contributed by atoms with Gasteiger partial charge in [0.05, 0.1) is 13.2 Å². The number of rotatable bonds is 9. The molecule has 0 saturated heterocycles. The molecule has 1 aromatic carbocycles. The summed E-state index contributed by atoms with van der Waals surface area (Å²) in [7, 11) is 1.69. The molecule has 0 saturated carbocycles. The van der Waals surface area contributed by atoms with Crippen LogP contribution in [0.4, 0.5) is 0 Å². The van der Waals surface area contributed by atoms with Crippen molar-refractivity contribution < 1.29 is 9.47 Å². The van der Waals surface area contributed by atoms with E-state index in [-0.39, 0.29) is 0 Å². The molecule has 17 heavy (non-hydrogen) atoms. The Morgan fingerprint density at radius 3 is 2.59 bits per heavy atom. The number of nitrogens with one attached hydrogen (secondary N) is 1. The first-order valence-corrected chi connectivity index (χ1v) is 6.19. The number of ether oxygens (including phenoxy) is 2. The highest BCUT2D eigenvalue weighted by molar-refractivity contribution is 5.17. The fourth-order valence-corrected chi connectivity index (χ4v) is 1.60. The number of hydrogen-bond acceptors (Lipinski definition) is 3. The lowest BCUT2D eigenvalue weighted by molar-refractivity contribution is 0.0693. The molecule has 0 aliphatic heterocycles. The van der Waals surface area contributed by atoms with E-state index < -0.39 is 0 Å². The van der Waals surface area contributed by atoms with E-state index in [2.05, 4.69) is 36.5 Å². The second kappa shape index (κ2) is 9.16. The largest absolute Gasteiger partial charge is 0.382 e. The monoisotopic (exact) mass is 237 g/mol. The van der Waals surface area contributed by atoms with E-state index in [0.29, 0.717) is 19.3 Å². The Morgan fingerprint density at radius 1 is 1.12 bits per heavy atom. The molecule has 0 amide bonds. The Bertz CT molecular complexity index is 277. The highest BCUT2D eigenvalue weighted by Crippen LogP contribution is 2.10. The first-order chi connectivity index (χ1) is 8.34. The van der Waals surface area contributed by atoms with Crippen molar-refractivity contribution >= 4 is 0 Å². The smallest absolute Gasteiger partial charge is 0.0700 e. The summed E-state index contributed by atoms with van der Waals surface area (Å²) in [6, 6.07) is 10.9. The van der Waals surface area contributed by atoms with Gasteiger partial charge in [0.2, 0.25) is 0 Å². The predicted molar refractivity (Wildman–Crippen MR) is 70.2 cm³/mol. The molecule has 0 heterocycles. The summed E-state index contributed by atoms with van der Waals surface area (Å²) < 4.78 is 10.3. The zero-order chi connectivity index (χ0) is 12.3. The van der Waals surface area contributed by atoms with Gasteiger partial charge in [-0.15, -0.1) is 0 Å². The first-order valence-electron chi connectivity index (χ1n) is 6.19. The average molecular weight is 237 g/mol. The van der Waals surface area contributed by atoms with E-state index in [1.54, 1.807) is 7.11 Å². The van der Waals surface area contributed by atoms with Crippen molar-refractivity contribution in [2.45, 2.75) is 19.4 Å². The lowest BCUT2D eigenvalue weighted by Gasteiger charge is -2.14. The van der Waals surface area contributed by atoms with E-state index >= 15 is 0 Å². The van der Waals surface area contributed by atoms with Crippen molar-refractivity contribution in [1.82, 2.24) is 5.32 Å². The van der Waals surface area contributed by atoms with Crippen molar-refractivity contribution in [1.29, 1.82) is 0 Å². The summed E-state index contributed by atoms with van der Waals surface area (Å²) in [6.45, 7) is 5.31. The van der Waals surface area contributed by atoms with Gasteiger partial charge in [-0.1, -0.05) is 30.3 Å². The second-order valence-electron chi connectivity index (χ2n) is 4.05. The summed E-state index contributed by atoms with van der Waals surface area (Å²) in [6.07, 6.45) is 1.03. The van der Waals surface area contributed by atoms with Gasteiger partial charge in [-0.05, 0) is 25.5 Å². The number of benzene rings is 1. The number of hydrogen-bond donors (Lipinski definition) is 1. The third-order valence-electron chi connectivity index (χ3n) is 2.65. The van der Waals surface area contributed by atoms with Crippen molar-refractivity contribution in [3.05, 3.63) is 35.9 Å². The van der Waals surface area contributed by atoms with Crippen LogP contribution in [0.3, 0.4) is 0 Å². The standard InChI is InChI=1S/C14H23NO2/c1-13(14-7-4-3-5-8-14)15-9-6-10-17-12-11-16-2/h3-5,7-8,13,15H,6,9-12H2,1-2H3/t13-/m0/s1. The molecular formula is C14H23NO2. The van der Waals surface area contributed by atoms with Crippen LogP contribution >= 0.6 is 0 Å². The molecule has 0 unspecified atom stereocenters. The molecule has 0 spiro atoms. The van der Waals surface area contributed by atoms with Crippen molar-refractivity contribution in [2.75, 3.05) is 33.5 Å². The van der Waals surface area contributed by atoms with Crippen molar-refractivity contribution in [2.24, 2.45) is 0 Å². The molecule has 1 rings (SSSR count). The van der Waals surface area contributed by atoms with Crippen LogP contribution < -0.4 is 5.32 Å². The van der Waals surface area contributed by atoms with E-state index in [4.69, 9.17) is 9.47 Å². The van der Waals surface area contributed by atoms with E-state index in [1.165, 1.54) is 5.56 Å². The molecule has 0 radical (unpaired) electrons. The molecule has 1 atom stereocenters. The Kier molecular flexibility index (Phi) is 7.63. The van der Waals surface area contributed by atoms with Crippen LogP contribution in [-0.2, 0) is 9.47 Å². The van der Waals surface area contributed by atoms with Gasteiger partial charge < -0.3 is 14.8 Å². The van der Waals surface area contributed by atoms with E-state index in [1.807, 2.05) is 6.07 Å². The van der Waals surface area contributed by atoms with Gasteiger partial charge in [-0.3, -0.25) is 0 Å². The summed E-state index contributed by atoms with van der Waals surface area (Å²) in [5.41, 5.74) is 1.33. The maximum atomic E-state index is 5.40. The Morgan fingerprint density at radius 2 is 1.88 bits per heavy atom. The molecule has 0 bridgehead atoms. The average Bonchev–Trinajstić information content (AvgIpc) is 2.38. The topological polar surface area (TPSA) is 30.5 Å². The molecule has 3 heteroatoms. The molecule has 3 nitrogen and oxygen atoms in total. The van der Waals surface area contributed by atoms with Gasteiger partial charge >= 0.3 is 0 Å². The minimum atomic E-state index is 0.398. The van der Waals surface area contributed by atoms with Crippen LogP contribution in [0.1, 0.15) is 24.9 Å². The Labute approximate surface area is 104 Å². The quantitative estimate of drug-likeness (QED) is 0.669. The van der Waals surface area contributed by atoms with Crippen LogP contribution in [0.5, 0.6) is 0 Å². The molecule has 0 aliphatic carbocycles. The molecule has 1 aromatic rings. The maximum absolute atomic E-state index is 5.40. The van der Waals surface area contributed by atoms with E-state index in [0.717, 1.165) is 19.6 Å². The van der Waals surface area contributed by atoms with Gasteiger partial charge in [0, 0.05) is 19.8 Å². The van der Waals surface area contributed by atoms with Gasteiger partial charge in [0.25, 0.3) is 0 Å². The molecule has 0 aromatic heterocycles. The fraction of sp³-hybridized carbons (Fsp3) is 0.571. The van der Waals surface area contributed by atoms with Crippen LogP contribution in [0.15, 0.2) is 30.3 Å². The predicted octanol–water partition coefficient (Wildman–Crippen LogP) is 2.39. The third-order valence-corrected chi connectivity index (χ3v) is 2.65. The highest BCUT2D eigenvalue weighted by Gasteiger charge is 2.02. The minimum absolute atomic E-state index is 0.398. The lowest BCUT2D eigenvalue weighted by Crippen LogP contribution is -2.21. The summed E-state index contributed by atoms with van der Waals surface area (Å²) >= 11 is 0. The molecule has 96 valence electrons. The van der Waals surface area contributed by atoms with Gasteiger partial charge in [-0.25, -0.2) is 0 Å². The van der Waals surface area contributed by atoms with Crippen LogP contribution in [0, 0.1) is 0 Å². The fourth-order valence-electron chi connectivity index (χ4n) is 1.60. The number of methoxy groups -OCH3 is 1. The summed E-state index contributed by atoms with van der Waals surface area (Å²) in [4.78, 5) is 0. The normalized spacial score (nSPS) is 12.6. The zero-order valence-corrected chi connectivity index (χ0v) is 10.8. The van der Waals surface area contributed by atoms with Crippen molar-refractivity contribution in [3.63, 3.8) is 0 Å². The van der Waals surface area contributed by atoms with Crippen LogP contribution in [0.25, 0.3) is 0 Å². The van der Waals surface area contributed by atoms with Crippen LogP contribution in [-0.4, -0.2) is 33.5 Å². The summed E-state index contributed by atoms with van der Waals surface area (Å²) in [5, 5.41) is 3.48. The highest BCUT2D eigenvalue weighted by atomic mass is 16.5. The Balaban J connectivity index is 2.03. The summed E-state index contributed by atoms with van der Waals surface area (Å²) in [5.74, 6) is 0. The third kappa shape index (κ3) is 6.41. The Hall–Kier alpha value is -0.900. The second-order valence-corrected chi connectivity index (χ2v) is 4.05. The van der Waals surface area contributed by atoms with Gasteiger partial charge in [0.15, 0.2) is 0 Å². The van der Waals surface area contributed by atoms with E-state index in [9.17, 15) is 0 Å². The SMILES string of the molecule is COCCOCCCN[C@@H](C)c1ccccc1. The van der Waals surface area contributed by atoms with Crippen molar-refractivity contribution in [3.8, 4) is 0 Å². The molecular weight excluding hydrogens is 214 g/mol. The maximum Gasteiger partial charge on any atom is 0.0700 e. The van der Waals surface area contributed by atoms with Crippen LogP contribution in [0.2, 0.25) is 0 Å². The lowest BCUT2D eigenvalue weighted by atomic mass is 10.1.